The van der Waals surface area contributed by atoms with Crippen molar-refractivity contribution in [3.63, 3.8) is 0 Å². The molecule has 2 fully saturated rings. The quantitative estimate of drug-likeness (QED) is 0.573. The van der Waals surface area contributed by atoms with Gasteiger partial charge in [-0.05, 0) is 13.3 Å². The third kappa shape index (κ3) is 2.65. The summed E-state index contributed by atoms with van der Waals surface area (Å²) < 4.78 is 10.7. The second-order valence-corrected chi connectivity index (χ2v) is 5.27. The van der Waals surface area contributed by atoms with E-state index in [4.69, 9.17) is 9.47 Å². The van der Waals surface area contributed by atoms with Gasteiger partial charge in [0.1, 0.15) is 0 Å². The molecule has 0 radical (unpaired) electrons. The van der Waals surface area contributed by atoms with E-state index in [1.165, 1.54) is 10.0 Å². The highest BCUT2D eigenvalue weighted by atomic mass is 16.6. The Labute approximate surface area is 118 Å². The lowest BCUT2D eigenvalue weighted by Crippen LogP contribution is -2.62. The first kappa shape index (κ1) is 15.2. The Morgan fingerprint density at radius 1 is 1.55 bits per heavy atom. The Morgan fingerprint density at radius 3 is 2.90 bits per heavy atom. The Morgan fingerprint density at radius 2 is 2.25 bits per heavy atom. The molecule has 2 aliphatic rings. The summed E-state index contributed by atoms with van der Waals surface area (Å²) in [6, 6.07) is -0.431. The van der Waals surface area contributed by atoms with Gasteiger partial charge in [0.15, 0.2) is 0 Å². The number of rotatable bonds is 4. The van der Waals surface area contributed by atoms with Crippen LogP contribution in [0, 0.1) is 0 Å². The van der Waals surface area contributed by atoms with Crippen molar-refractivity contribution in [2.24, 2.45) is 0 Å². The normalized spacial score (nSPS) is 34.2. The van der Waals surface area contributed by atoms with Gasteiger partial charge in [-0.2, -0.15) is 5.01 Å². The topological polar surface area (TPSA) is 79.3 Å². The number of esters is 1. The van der Waals surface area contributed by atoms with Crippen molar-refractivity contribution in [1.29, 1.82) is 0 Å². The van der Waals surface area contributed by atoms with Gasteiger partial charge >= 0.3 is 5.97 Å². The molecule has 0 spiro atoms. The zero-order chi connectivity index (χ0) is 14.9. The lowest BCUT2D eigenvalue weighted by Gasteiger charge is -2.43. The summed E-state index contributed by atoms with van der Waals surface area (Å²) in [5.41, 5.74) is 0. The van der Waals surface area contributed by atoms with Gasteiger partial charge in [-0.25, -0.2) is 4.79 Å². The summed E-state index contributed by atoms with van der Waals surface area (Å²) in [4.78, 5) is 23.9. The van der Waals surface area contributed by atoms with E-state index < -0.39 is 30.4 Å². The molecule has 0 aromatic rings. The number of hydrazine groups is 1. The monoisotopic (exact) mass is 286 g/mol. The van der Waals surface area contributed by atoms with Crippen molar-refractivity contribution in [3.8, 4) is 0 Å². The lowest BCUT2D eigenvalue weighted by atomic mass is 10.0. The summed E-state index contributed by atoms with van der Waals surface area (Å²) in [5.74, 6) is -0.651. The molecule has 114 valence electrons. The first-order valence-corrected chi connectivity index (χ1v) is 7.02. The van der Waals surface area contributed by atoms with Crippen LogP contribution in [0.25, 0.3) is 0 Å². The van der Waals surface area contributed by atoms with Gasteiger partial charge in [-0.15, -0.1) is 0 Å². The average molecular weight is 286 g/mol. The summed E-state index contributed by atoms with van der Waals surface area (Å²) in [5, 5.41) is 12.9. The van der Waals surface area contributed by atoms with Crippen LogP contribution in [0.2, 0.25) is 0 Å². The number of ether oxygens (including phenoxy) is 2. The molecule has 20 heavy (non-hydrogen) atoms. The van der Waals surface area contributed by atoms with E-state index in [2.05, 4.69) is 0 Å². The molecular weight excluding hydrogens is 264 g/mol. The number of amides is 1. The number of aliphatic hydroxyl groups excluding tert-OH is 1. The third-order valence-corrected chi connectivity index (χ3v) is 3.83. The van der Waals surface area contributed by atoms with Crippen molar-refractivity contribution in [2.75, 3.05) is 13.7 Å². The minimum absolute atomic E-state index is 0.141. The molecule has 7 heteroatoms. The van der Waals surface area contributed by atoms with Crippen molar-refractivity contribution < 1.29 is 24.2 Å². The van der Waals surface area contributed by atoms with Crippen molar-refractivity contribution in [1.82, 2.24) is 10.0 Å². The predicted octanol–water partition coefficient (Wildman–Crippen LogP) is -0.117. The second kappa shape index (κ2) is 6.07. The molecule has 1 unspecified atom stereocenters. The summed E-state index contributed by atoms with van der Waals surface area (Å²) in [6.45, 7) is 4.03. The number of nitrogens with zero attached hydrogens (tertiary/aromatic N) is 2. The standard InChI is InChI=1S/C13H22N2O5/c1-4-5-6-19-13(18)12-15-9(7-10(16)14(15)3)11(17)8(2)20-12/h8-9,11-12,17H,4-7H2,1-3H3/t8-,9?,11-,12-/m0/s1. The fraction of sp³-hybridized carbons (Fsp3) is 0.846. The van der Waals surface area contributed by atoms with Crippen LogP contribution in [0.3, 0.4) is 0 Å². The van der Waals surface area contributed by atoms with Crippen LogP contribution in [-0.2, 0) is 19.1 Å². The number of hydrogen-bond acceptors (Lipinski definition) is 6. The Hall–Kier alpha value is -1.18. The third-order valence-electron chi connectivity index (χ3n) is 3.83. The largest absolute Gasteiger partial charge is 0.463 e. The van der Waals surface area contributed by atoms with E-state index >= 15 is 0 Å². The minimum Gasteiger partial charge on any atom is -0.463 e. The zero-order valence-electron chi connectivity index (χ0n) is 12.1. The Kier molecular flexibility index (Phi) is 4.62. The van der Waals surface area contributed by atoms with Crippen LogP contribution in [-0.4, -0.2) is 65.1 Å². The van der Waals surface area contributed by atoms with E-state index in [1.54, 1.807) is 14.0 Å². The van der Waals surface area contributed by atoms with Crippen LogP contribution < -0.4 is 0 Å². The molecule has 2 aliphatic heterocycles. The molecule has 0 bridgehead atoms. The van der Waals surface area contributed by atoms with E-state index in [-0.39, 0.29) is 12.3 Å². The highest BCUT2D eigenvalue weighted by Gasteiger charge is 2.52. The van der Waals surface area contributed by atoms with Gasteiger partial charge in [0.25, 0.3) is 0 Å². The highest BCUT2D eigenvalue weighted by molar-refractivity contribution is 5.81. The number of unbranched alkanes of at least 4 members (excludes halogenated alkanes) is 1. The smallest absolute Gasteiger partial charge is 0.352 e. The van der Waals surface area contributed by atoms with Crippen molar-refractivity contribution >= 4 is 11.9 Å². The maximum absolute atomic E-state index is 12.1. The van der Waals surface area contributed by atoms with Crippen LogP contribution >= 0.6 is 0 Å². The first-order chi connectivity index (χ1) is 9.47. The van der Waals surface area contributed by atoms with E-state index in [1.807, 2.05) is 6.92 Å². The zero-order valence-corrected chi connectivity index (χ0v) is 12.1. The average Bonchev–Trinajstić information content (AvgIpc) is 2.71. The van der Waals surface area contributed by atoms with Crippen LogP contribution in [0.1, 0.15) is 33.1 Å². The molecule has 2 heterocycles. The summed E-state index contributed by atoms with van der Waals surface area (Å²) >= 11 is 0. The number of hydrogen-bond donors (Lipinski definition) is 1. The molecule has 1 amide bonds. The molecule has 4 atom stereocenters. The molecule has 7 nitrogen and oxygen atoms in total. The summed E-state index contributed by atoms with van der Waals surface area (Å²) in [7, 11) is 1.57. The SMILES string of the molecule is CCCCOC(=O)[C@@H]1O[C@@H](C)[C@H](O)C2CC(=O)N(C)N21. The van der Waals surface area contributed by atoms with Crippen LogP contribution in [0.15, 0.2) is 0 Å². The molecule has 0 aromatic carbocycles. The number of fused-ring (bicyclic) bond motifs is 1. The Balaban J connectivity index is 2.11. The Bertz CT molecular complexity index is 389. The van der Waals surface area contributed by atoms with Gasteiger partial charge in [0.2, 0.25) is 12.1 Å². The molecule has 1 N–H and O–H groups in total. The lowest BCUT2D eigenvalue weighted by molar-refractivity contribution is -0.250. The first-order valence-electron chi connectivity index (χ1n) is 7.02. The number of carbonyl (C=O) groups excluding carboxylic acids is 2. The number of carbonyl (C=O) groups is 2. The second-order valence-electron chi connectivity index (χ2n) is 5.27. The number of aliphatic hydroxyl groups is 1. The molecule has 0 aromatic heterocycles. The van der Waals surface area contributed by atoms with E-state index in [0.717, 1.165) is 12.8 Å². The van der Waals surface area contributed by atoms with Gasteiger partial charge in [0.05, 0.1) is 24.9 Å². The fourth-order valence-electron chi connectivity index (χ4n) is 2.58. The highest BCUT2D eigenvalue weighted by Crippen LogP contribution is 2.31. The van der Waals surface area contributed by atoms with Gasteiger partial charge < -0.3 is 14.6 Å². The molecular formula is C13H22N2O5. The minimum atomic E-state index is -0.966. The molecule has 2 saturated heterocycles. The van der Waals surface area contributed by atoms with E-state index in [9.17, 15) is 14.7 Å². The maximum atomic E-state index is 12.1. The van der Waals surface area contributed by atoms with Gasteiger partial charge in [0, 0.05) is 13.5 Å². The van der Waals surface area contributed by atoms with Crippen molar-refractivity contribution in [3.05, 3.63) is 0 Å². The van der Waals surface area contributed by atoms with E-state index in [0.29, 0.717) is 6.61 Å². The van der Waals surface area contributed by atoms with Gasteiger partial charge in [-0.1, -0.05) is 13.3 Å². The van der Waals surface area contributed by atoms with Gasteiger partial charge in [-0.3, -0.25) is 9.80 Å². The van der Waals surface area contributed by atoms with Crippen LogP contribution in [0.5, 0.6) is 0 Å². The fourth-order valence-corrected chi connectivity index (χ4v) is 2.58. The van der Waals surface area contributed by atoms with Crippen LogP contribution in [0.4, 0.5) is 0 Å². The molecule has 0 aliphatic carbocycles. The molecule has 0 saturated carbocycles. The summed E-state index contributed by atoms with van der Waals surface area (Å²) in [6.07, 6.45) is -0.382. The predicted molar refractivity (Wildman–Crippen MR) is 69.2 cm³/mol. The molecule has 2 rings (SSSR count). The van der Waals surface area contributed by atoms with Crippen molar-refractivity contribution in [2.45, 2.75) is 57.6 Å². The maximum Gasteiger partial charge on any atom is 0.352 e.